The molecule has 15 rings (SSSR count). The maximum absolute atomic E-state index is 5.50. The van der Waals surface area contributed by atoms with E-state index < -0.39 is 0 Å². The van der Waals surface area contributed by atoms with Crippen LogP contribution < -0.4 is 0 Å². The standard InChI is InChI=1S/C64H42N4/c1-7-19-55-49(17-1)61(39-25-31-43(32-26-39)67-57-21-9-3-13-45(57)46-14-4-10-22-58(46)67)51-35-29-41-38-54-42(37-53(41)63(51)65-55)30-36-52-62(50-18-2-8-20-56(50)66-64(52)54)40-27-33-44(34-28-40)68-59-23-11-5-15-47(59)48-16-6-12-24-60(48)68/h1-28,31-34,37-38H,29-30,35-36H2. The first kappa shape index (κ1) is 37.6. The van der Waals surface area contributed by atoms with E-state index in [1.54, 1.807) is 0 Å². The van der Waals surface area contributed by atoms with Crippen LogP contribution in [0.1, 0.15) is 22.3 Å². The van der Waals surface area contributed by atoms with Crippen molar-refractivity contribution in [1.29, 1.82) is 0 Å². The van der Waals surface area contributed by atoms with E-state index in [-0.39, 0.29) is 0 Å². The van der Waals surface area contributed by atoms with Gasteiger partial charge in [-0.15, -0.1) is 0 Å². The van der Waals surface area contributed by atoms with Crippen molar-refractivity contribution < 1.29 is 0 Å². The lowest BCUT2D eigenvalue weighted by molar-refractivity contribution is 0.908. The molecule has 0 bridgehead atoms. The largest absolute Gasteiger partial charge is 0.309 e. The van der Waals surface area contributed by atoms with Gasteiger partial charge < -0.3 is 9.13 Å². The van der Waals surface area contributed by atoms with Crippen molar-refractivity contribution in [3.63, 3.8) is 0 Å². The average Bonchev–Trinajstić information content (AvgIpc) is 3.92. The molecule has 0 N–H and O–H groups in total. The summed E-state index contributed by atoms with van der Waals surface area (Å²) in [7, 11) is 0. The van der Waals surface area contributed by atoms with E-state index >= 15 is 0 Å². The Kier molecular flexibility index (Phi) is 7.99. The monoisotopic (exact) mass is 866 g/mol. The van der Waals surface area contributed by atoms with Crippen LogP contribution in [0.4, 0.5) is 0 Å². The minimum absolute atomic E-state index is 0.921. The van der Waals surface area contributed by atoms with Gasteiger partial charge in [-0.1, -0.05) is 133 Å². The van der Waals surface area contributed by atoms with Gasteiger partial charge in [-0.25, -0.2) is 9.97 Å². The minimum Gasteiger partial charge on any atom is -0.309 e. The molecular weight excluding hydrogens is 825 g/mol. The molecule has 0 atom stereocenters. The Morgan fingerprint density at radius 3 is 1.00 bits per heavy atom. The van der Waals surface area contributed by atoms with Gasteiger partial charge >= 0.3 is 0 Å². The van der Waals surface area contributed by atoms with Crippen molar-refractivity contribution >= 4 is 65.4 Å². The zero-order valence-corrected chi connectivity index (χ0v) is 37.2. The van der Waals surface area contributed by atoms with E-state index in [1.165, 1.54) is 110 Å². The number of hydrogen-bond donors (Lipinski definition) is 0. The fourth-order valence-corrected chi connectivity index (χ4v) is 12.1. The fraction of sp³-hybridized carbons (Fsp3) is 0.0625. The van der Waals surface area contributed by atoms with Crippen LogP contribution in [0.5, 0.6) is 0 Å². The Morgan fingerprint density at radius 2 is 0.632 bits per heavy atom. The van der Waals surface area contributed by atoms with Crippen LogP contribution in [0.2, 0.25) is 0 Å². The van der Waals surface area contributed by atoms with Gasteiger partial charge in [0, 0.05) is 54.8 Å². The molecular formula is C64H42N4. The van der Waals surface area contributed by atoms with Crippen molar-refractivity contribution in [1.82, 2.24) is 19.1 Å². The summed E-state index contributed by atoms with van der Waals surface area (Å²) in [6, 6.07) is 75.8. The molecule has 13 aromatic rings. The molecule has 68 heavy (non-hydrogen) atoms. The zero-order valence-electron chi connectivity index (χ0n) is 37.2. The molecule has 0 saturated carbocycles. The van der Waals surface area contributed by atoms with Gasteiger partial charge in [-0.3, -0.25) is 0 Å². The second-order valence-corrected chi connectivity index (χ2v) is 18.7. The molecule has 4 aromatic heterocycles. The highest BCUT2D eigenvalue weighted by Gasteiger charge is 2.29. The molecule has 2 aliphatic rings. The quantitative estimate of drug-likeness (QED) is 0.177. The molecule has 2 aliphatic carbocycles. The predicted octanol–water partition coefficient (Wildman–Crippen LogP) is 15.8. The minimum atomic E-state index is 0.921. The van der Waals surface area contributed by atoms with Crippen molar-refractivity contribution in [3.05, 3.63) is 229 Å². The molecule has 0 fully saturated rings. The number of para-hydroxylation sites is 6. The Bertz CT molecular complexity index is 3860. The molecule has 0 saturated heterocycles. The first-order valence-electron chi connectivity index (χ1n) is 23.9. The lowest BCUT2D eigenvalue weighted by Crippen LogP contribution is -2.13. The Balaban J connectivity index is 0.845. The topological polar surface area (TPSA) is 35.6 Å². The molecule has 0 amide bonds. The van der Waals surface area contributed by atoms with E-state index in [9.17, 15) is 0 Å². The molecule has 0 spiro atoms. The van der Waals surface area contributed by atoms with Gasteiger partial charge in [0.05, 0.1) is 44.5 Å². The Hall–Kier alpha value is -8.60. The third-order valence-electron chi connectivity index (χ3n) is 15.1. The molecule has 318 valence electrons. The van der Waals surface area contributed by atoms with Gasteiger partial charge in [0.2, 0.25) is 0 Å². The van der Waals surface area contributed by atoms with Gasteiger partial charge in [-0.2, -0.15) is 0 Å². The summed E-state index contributed by atoms with van der Waals surface area (Å²) in [5.41, 5.74) is 24.5. The number of pyridine rings is 2. The first-order valence-corrected chi connectivity index (χ1v) is 23.9. The average molecular weight is 867 g/mol. The van der Waals surface area contributed by atoms with Crippen LogP contribution in [0.15, 0.2) is 206 Å². The number of aromatic nitrogens is 4. The van der Waals surface area contributed by atoms with E-state index in [0.717, 1.165) is 59.5 Å². The summed E-state index contributed by atoms with van der Waals surface area (Å²) in [4.78, 5) is 11.0. The third-order valence-corrected chi connectivity index (χ3v) is 15.1. The normalized spacial score (nSPS) is 13.1. The summed E-state index contributed by atoms with van der Waals surface area (Å²) in [6.07, 6.45) is 3.74. The van der Waals surface area contributed by atoms with Crippen LogP contribution in [0, 0.1) is 0 Å². The van der Waals surface area contributed by atoms with Crippen LogP contribution in [-0.4, -0.2) is 19.1 Å². The highest BCUT2D eigenvalue weighted by atomic mass is 15.0. The molecule has 4 heterocycles. The lowest BCUT2D eigenvalue weighted by Gasteiger charge is -2.28. The van der Waals surface area contributed by atoms with Gasteiger partial charge in [0.25, 0.3) is 0 Å². The van der Waals surface area contributed by atoms with Crippen molar-refractivity contribution in [2.24, 2.45) is 0 Å². The van der Waals surface area contributed by atoms with Crippen molar-refractivity contribution in [2.45, 2.75) is 25.7 Å². The van der Waals surface area contributed by atoms with E-state index in [4.69, 9.17) is 9.97 Å². The SMILES string of the molecule is c1ccc2c(-c3ccc(-n4c5ccccc5c5ccccc54)cc3)c3c(nc2c1)-c1cc2c(cc1CC3)-c1nc3ccccc3c(-c3ccc(-n4c5ccccc5c5ccccc54)cc3)c1CC2. The maximum atomic E-state index is 5.50. The number of rotatable bonds is 4. The number of aryl methyl sites for hydroxylation is 2. The molecule has 4 nitrogen and oxygen atoms in total. The van der Waals surface area contributed by atoms with Gasteiger partial charge in [0.15, 0.2) is 0 Å². The summed E-state index contributed by atoms with van der Waals surface area (Å²) < 4.78 is 4.80. The van der Waals surface area contributed by atoms with Crippen LogP contribution in [-0.2, 0) is 25.7 Å². The Labute approximate surface area is 393 Å². The van der Waals surface area contributed by atoms with Gasteiger partial charge in [0.1, 0.15) is 0 Å². The van der Waals surface area contributed by atoms with Crippen LogP contribution >= 0.6 is 0 Å². The van der Waals surface area contributed by atoms with E-state index in [2.05, 4.69) is 215 Å². The summed E-state index contributed by atoms with van der Waals surface area (Å²) >= 11 is 0. The van der Waals surface area contributed by atoms with Crippen LogP contribution in [0.3, 0.4) is 0 Å². The number of hydrogen-bond acceptors (Lipinski definition) is 2. The van der Waals surface area contributed by atoms with E-state index in [1.807, 2.05) is 0 Å². The van der Waals surface area contributed by atoms with E-state index in [0.29, 0.717) is 0 Å². The summed E-state index contributed by atoms with van der Waals surface area (Å²) in [5.74, 6) is 0. The van der Waals surface area contributed by atoms with Crippen LogP contribution in [0.25, 0.3) is 122 Å². The summed E-state index contributed by atoms with van der Waals surface area (Å²) in [5, 5.41) is 7.51. The number of benzene rings is 9. The first-order chi connectivity index (χ1) is 33.7. The van der Waals surface area contributed by atoms with Crippen molar-refractivity contribution in [3.8, 4) is 56.1 Å². The molecule has 0 unspecified atom stereocenters. The van der Waals surface area contributed by atoms with Gasteiger partial charge in [-0.05, 0) is 143 Å². The maximum Gasteiger partial charge on any atom is 0.0750 e. The molecule has 0 radical (unpaired) electrons. The summed E-state index contributed by atoms with van der Waals surface area (Å²) in [6.45, 7) is 0. The molecule has 9 aromatic carbocycles. The Morgan fingerprint density at radius 1 is 0.309 bits per heavy atom. The molecule has 4 heteroatoms. The highest BCUT2D eigenvalue weighted by molar-refractivity contribution is 6.11. The zero-order chi connectivity index (χ0) is 44.5. The second kappa shape index (κ2) is 14.4. The second-order valence-electron chi connectivity index (χ2n) is 18.7. The number of fused-ring (bicyclic) bond motifs is 14. The molecule has 0 aliphatic heterocycles. The lowest BCUT2D eigenvalue weighted by atomic mass is 9.78. The third kappa shape index (κ3) is 5.43. The fourth-order valence-electron chi connectivity index (χ4n) is 12.1. The number of nitrogens with zero attached hydrogens (tertiary/aromatic N) is 4. The smallest absolute Gasteiger partial charge is 0.0750 e. The highest BCUT2D eigenvalue weighted by Crippen LogP contribution is 2.47. The predicted molar refractivity (Wildman–Crippen MR) is 282 cm³/mol. The van der Waals surface area contributed by atoms with Crippen molar-refractivity contribution in [2.75, 3.05) is 0 Å².